The number of benzene rings is 1. The number of carbonyl (C=O) groups is 2. The molecule has 8 nitrogen and oxygen atoms in total. The van der Waals surface area contributed by atoms with Gasteiger partial charge < -0.3 is 4.74 Å². The third-order valence-corrected chi connectivity index (χ3v) is 5.20. The van der Waals surface area contributed by atoms with Gasteiger partial charge in [0.1, 0.15) is 4.88 Å². The average molecular weight is 403 g/mol. The van der Waals surface area contributed by atoms with Crippen molar-refractivity contribution in [2.24, 2.45) is 0 Å². The van der Waals surface area contributed by atoms with Crippen molar-refractivity contribution in [1.29, 1.82) is 0 Å². The monoisotopic (exact) mass is 403 g/mol. The van der Waals surface area contributed by atoms with Gasteiger partial charge in [0, 0.05) is 17.0 Å². The number of nitrogens with zero attached hydrogens (tertiary/aromatic N) is 2. The molecule has 27 heavy (non-hydrogen) atoms. The Morgan fingerprint density at radius 2 is 1.96 bits per heavy atom. The smallest absolute Gasteiger partial charge is 0.349 e. The Morgan fingerprint density at radius 1 is 1.22 bits per heavy atom. The molecule has 1 unspecified atom stereocenters. The Hall–Kier alpha value is -3.11. The maximum absolute atomic E-state index is 12.2. The zero-order chi connectivity index (χ0) is 19.4. The lowest BCUT2D eigenvalue weighted by Gasteiger charge is -2.11. The molecule has 0 spiro atoms. The number of thiazole rings is 1. The second-order valence-electron chi connectivity index (χ2n) is 5.34. The summed E-state index contributed by atoms with van der Waals surface area (Å²) in [5, 5.41) is 15.3. The second-order valence-corrected chi connectivity index (χ2v) is 7.26. The lowest BCUT2D eigenvalue weighted by atomic mass is 10.2. The van der Waals surface area contributed by atoms with Crippen LogP contribution >= 0.6 is 22.7 Å². The Labute approximate surface area is 161 Å². The minimum absolute atomic E-state index is 0.0574. The first-order chi connectivity index (χ1) is 12.9. The highest BCUT2D eigenvalue weighted by Crippen LogP contribution is 2.26. The number of nitro groups is 1. The third kappa shape index (κ3) is 4.54. The number of thiophene rings is 1. The van der Waals surface area contributed by atoms with Gasteiger partial charge in [-0.25, -0.2) is 9.78 Å². The van der Waals surface area contributed by atoms with Crippen molar-refractivity contribution < 1.29 is 19.2 Å². The summed E-state index contributed by atoms with van der Waals surface area (Å²) in [6.45, 7) is 1.42. The molecule has 0 radical (unpaired) electrons. The number of hydrogen-bond donors (Lipinski definition) is 1. The van der Waals surface area contributed by atoms with Crippen LogP contribution < -0.4 is 5.32 Å². The van der Waals surface area contributed by atoms with Crippen molar-refractivity contribution in [3.05, 3.63) is 62.8 Å². The van der Waals surface area contributed by atoms with Gasteiger partial charge in [0.25, 0.3) is 5.91 Å². The van der Waals surface area contributed by atoms with E-state index in [0.29, 0.717) is 16.5 Å². The minimum Gasteiger partial charge on any atom is -0.448 e. The molecule has 0 aliphatic heterocycles. The van der Waals surface area contributed by atoms with E-state index < -0.39 is 22.9 Å². The van der Waals surface area contributed by atoms with Crippen molar-refractivity contribution in [3.8, 4) is 11.3 Å². The van der Waals surface area contributed by atoms with Gasteiger partial charge in [-0.05, 0) is 13.0 Å². The van der Waals surface area contributed by atoms with Crippen LogP contribution in [0.15, 0.2) is 47.8 Å². The number of anilines is 1. The normalized spacial score (nSPS) is 11.6. The maximum Gasteiger partial charge on any atom is 0.349 e. The summed E-state index contributed by atoms with van der Waals surface area (Å²) in [4.78, 5) is 38.7. The van der Waals surface area contributed by atoms with Gasteiger partial charge in [-0.1, -0.05) is 41.7 Å². The SMILES string of the molecule is CC(OC(=O)c1ccc([N+](=O)[O-])s1)C(=O)Nc1nc(-c2ccccc2)cs1. The molecule has 0 fully saturated rings. The van der Waals surface area contributed by atoms with Gasteiger partial charge in [0.2, 0.25) is 0 Å². The molecule has 1 atom stereocenters. The van der Waals surface area contributed by atoms with Crippen LogP contribution in [0.1, 0.15) is 16.6 Å². The van der Waals surface area contributed by atoms with E-state index in [9.17, 15) is 19.7 Å². The summed E-state index contributed by atoms with van der Waals surface area (Å²) < 4.78 is 5.07. The molecule has 3 aromatic rings. The predicted molar refractivity (Wildman–Crippen MR) is 102 cm³/mol. The fraction of sp³-hybridized carbons (Fsp3) is 0.118. The molecule has 1 aromatic carbocycles. The van der Waals surface area contributed by atoms with Gasteiger partial charge in [-0.3, -0.25) is 20.2 Å². The minimum atomic E-state index is -1.08. The number of nitrogens with one attached hydrogen (secondary N) is 1. The molecule has 3 rings (SSSR count). The highest BCUT2D eigenvalue weighted by atomic mass is 32.1. The predicted octanol–water partition coefficient (Wildman–Crippen LogP) is 3.96. The van der Waals surface area contributed by atoms with E-state index in [1.165, 1.54) is 30.4 Å². The molecular weight excluding hydrogens is 390 g/mol. The fourth-order valence-corrected chi connectivity index (χ4v) is 3.51. The van der Waals surface area contributed by atoms with Gasteiger partial charge >= 0.3 is 11.0 Å². The number of rotatable bonds is 6. The summed E-state index contributed by atoms with van der Waals surface area (Å²) in [6.07, 6.45) is -1.08. The molecule has 0 saturated heterocycles. The molecule has 2 aromatic heterocycles. The first kappa shape index (κ1) is 18.7. The number of esters is 1. The number of carbonyl (C=O) groups excluding carboxylic acids is 2. The number of amides is 1. The van der Waals surface area contributed by atoms with Crippen LogP contribution in [-0.2, 0) is 9.53 Å². The number of ether oxygens (including phenoxy) is 1. The highest BCUT2D eigenvalue weighted by molar-refractivity contribution is 7.17. The molecule has 1 N–H and O–H groups in total. The zero-order valence-corrected chi connectivity index (χ0v) is 15.6. The fourth-order valence-electron chi connectivity index (χ4n) is 2.09. The van der Waals surface area contributed by atoms with Crippen LogP contribution in [0.5, 0.6) is 0 Å². The average Bonchev–Trinajstić information content (AvgIpc) is 3.32. The van der Waals surface area contributed by atoms with Crippen LogP contribution in [0, 0.1) is 10.1 Å². The van der Waals surface area contributed by atoms with Gasteiger partial charge in [-0.2, -0.15) is 0 Å². The molecule has 138 valence electrons. The second kappa shape index (κ2) is 8.06. The molecule has 0 aliphatic rings. The molecule has 10 heteroatoms. The quantitative estimate of drug-likeness (QED) is 0.379. The summed E-state index contributed by atoms with van der Waals surface area (Å²) in [7, 11) is 0. The lowest BCUT2D eigenvalue weighted by molar-refractivity contribution is -0.380. The summed E-state index contributed by atoms with van der Waals surface area (Å²) in [5.41, 5.74) is 1.65. The van der Waals surface area contributed by atoms with E-state index in [2.05, 4.69) is 10.3 Å². The zero-order valence-electron chi connectivity index (χ0n) is 13.9. The van der Waals surface area contributed by atoms with E-state index in [-0.39, 0.29) is 9.88 Å². The Kier molecular flexibility index (Phi) is 5.57. The first-order valence-corrected chi connectivity index (χ1v) is 9.40. The number of hydrogen-bond acceptors (Lipinski definition) is 8. The van der Waals surface area contributed by atoms with Crippen LogP contribution in [0.2, 0.25) is 0 Å². The molecule has 1 amide bonds. The van der Waals surface area contributed by atoms with Crippen molar-refractivity contribution >= 4 is 44.7 Å². The van der Waals surface area contributed by atoms with E-state index >= 15 is 0 Å². The molecule has 0 bridgehead atoms. The summed E-state index contributed by atoms with van der Waals surface area (Å²) >= 11 is 1.95. The topological polar surface area (TPSA) is 111 Å². The van der Waals surface area contributed by atoms with E-state index in [1.54, 1.807) is 0 Å². The van der Waals surface area contributed by atoms with Crippen molar-refractivity contribution in [2.75, 3.05) is 5.32 Å². The van der Waals surface area contributed by atoms with E-state index in [1.807, 2.05) is 35.7 Å². The third-order valence-electron chi connectivity index (χ3n) is 3.43. The van der Waals surface area contributed by atoms with Crippen LogP contribution in [0.3, 0.4) is 0 Å². The molecule has 2 heterocycles. The van der Waals surface area contributed by atoms with Crippen molar-refractivity contribution in [1.82, 2.24) is 4.98 Å². The van der Waals surface area contributed by atoms with Crippen LogP contribution in [0.4, 0.5) is 10.1 Å². The Morgan fingerprint density at radius 3 is 2.63 bits per heavy atom. The first-order valence-electron chi connectivity index (χ1n) is 7.71. The van der Waals surface area contributed by atoms with E-state index in [0.717, 1.165) is 11.3 Å². The lowest BCUT2D eigenvalue weighted by Crippen LogP contribution is -2.29. The molecule has 0 saturated carbocycles. The Balaban J connectivity index is 1.60. The number of aromatic nitrogens is 1. The van der Waals surface area contributed by atoms with Gasteiger partial charge in [0.05, 0.1) is 10.6 Å². The van der Waals surface area contributed by atoms with Crippen molar-refractivity contribution in [2.45, 2.75) is 13.0 Å². The summed E-state index contributed by atoms with van der Waals surface area (Å²) in [5.74, 6) is -1.33. The molecular formula is C17H13N3O5S2. The van der Waals surface area contributed by atoms with Crippen LogP contribution in [-0.4, -0.2) is 27.9 Å². The highest BCUT2D eigenvalue weighted by Gasteiger charge is 2.23. The van der Waals surface area contributed by atoms with Crippen molar-refractivity contribution in [3.63, 3.8) is 0 Å². The van der Waals surface area contributed by atoms with E-state index in [4.69, 9.17) is 4.74 Å². The summed E-state index contributed by atoms with van der Waals surface area (Å²) in [6, 6.07) is 12.0. The Bertz CT molecular complexity index is 983. The van der Waals surface area contributed by atoms with Crippen LogP contribution in [0.25, 0.3) is 11.3 Å². The van der Waals surface area contributed by atoms with Gasteiger partial charge in [0.15, 0.2) is 11.2 Å². The van der Waals surface area contributed by atoms with Gasteiger partial charge in [-0.15, -0.1) is 11.3 Å². The molecule has 0 aliphatic carbocycles. The largest absolute Gasteiger partial charge is 0.448 e. The maximum atomic E-state index is 12.2. The standard InChI is InChI=1S/C17H13N3O5S2/c1-10(25-16(22)13-7-8-14(27-13)20(23)24)15(21)19-17-18-12(9-26-17)11-5-3-2-4-6-11/h2-10H,1H3,(H,18,19,21).